The SMILES string of the molecule is CCOC(=O)N1CCC(COc2ccc(C)c(C(=O)O)n2)CC1. The summed E-state index contributed by atoms with van der Waals surface area (Å²) in [4.78, 5) is 28.4. The molecule has 1 fully saturated rings. The number of carbonyl (C=O) groups excluding carboxylic acids is 1. The molecule has 1 aliphatic rings. The van der Waals surface area contributed by atoms with E-state index in [0.717, 1.165) is 12.8 Å². The predicted molar refractivity (Wildman–Crippen MR) is 82.7 cm³/mol. The number of ether oxygens (including phenoxy) is 2. The third kappa shape index (κ3) is 4.58. The number of hydrogen-bond donors (Lipinski definition) is 1. The van der Waals surface area contributed by atoms with Crippen molar-refractivity contribution >= 4 is 12.1 Å². The summed E-state index contributed by atoms with van der Waals surface area (Å²) in [5, 5.41) is 9.06. The first kappa shape index (κ1) is 17.1. The monoisotopic (exact) mass is 322 g/mol. The number of carboxylic acid groups (broad SMARTS) is 1. The maximum Gasteiger partial charge on any atom is 0.409 e. The lowest BCUT2D eigenvalue weighted by Crippen LogP contribution is -2.40. The Balaban J connectivity index is 1.83. The molecule has 1 amide bonds. The summed E-state index contributed by atoms with van der Waals surface area (Å²) in [5.41, 5.74) is 0.618. The fourth-order valence-corrected chi connectivity index (χ4v) is 2.51. The van der Waals surface area contributed by atoms with Crippen molar-refractivity contribution in [1.29, 1.82) is 0 Å². The van der Waals surface area contributed by atoms with E-state index in [-0.39, 0.29) is 11.8 Å². The predicted octanol–water partition coefficient (Wildman–Crippen LogP) is 2.34. The molecular weight excluding hydrogens is 300 g/mol. The van der Waals surface area contributed by atoms with Gasteiger partial charge in [-0.3, -0.25) is 0 Å². The van der Waals surface area contributed by atoms with E-state index in [1.807, 2.05) is 0 Å². The minimum atomic E-state index is -1.06. The Morgan fingerprint density at radius 3 is 2.65 bits per heavy atom. The normalized spacial score (nSPS) is 15.3. The van der Waals surface area contributed by atoms with Crippen molar-refractivity contribution in [3.8, 4) is 5.88 Å². The number of piperidine rings is 1. The molecule has 1 aromatic heterocycles. The molecule has 1 saturated heterocycles. The van der Waals surface area contributed by atoms with Crippen molar-refractivity contribution in [2.24, 2.45) is 5.92 Å². The average Bonchev–Trinajstić information content (AvgIpc) is 2.54. The molecule has 1 aromatic rings. The molecule has 7 nitrogen and oxygen atoms in total. The van der Waals surface area contributed by atoms with Gasteiger partial charge in [-0.05, 0) is 38.2 Å². The van der Waals surface area contributed by atoms with Gasteiger partial charge < -0.3 is 19.5 Å². The van der Waals surface area contributed by atoms with Crippen LogP contribution in [0.1, 0.15) is 35.8 Å². The Bertz CT molecular complexity index is 568. The van der Waals surface area contributed by atoms with Gasteiger partial charge in [0.25, 0.3) is 0 Å². The third-order valence-corrected chi connectivity index (χ3v) is 3.88. The molecule has 0 atom stereocenters. The molecule has 0 aliphatic carbocycles. The molecule has 0 spiro atoms. The summed E-state index contributed by atoms with van der Waals surface area (Å²) in [6.07, 6.45) is 1.39. The minimum absolute atomic E-state index is 0.0135. The zero-order valence-electron chi connectivity index (χ0n) is 13.4. The quantitative estimate of drug-likeness (QED) is 0.895. The van der Waals surface area contributed by atoms with Crippen LogP contribution < -0.4 is 4.74 Å². The molecule has 0 saturated carbocycles. The van der Waals surface area contributed by atoms with Crippen molar-refractivity contribution < 1.29 is 24.2 Å². The van der Waals surface area contributed by atoms with Crippen molar-refractivity contribution in [3.05, 3.63) is 23.4 Å². The van der Waals surface area contributed by atoms with Crippen LogP contribution in [0.25, 0.3) is 0 Å². The van der Waals surface area contributed by atoms with Crippen molar-refractivity contribution in [2.45, 2.75) is 26.7 Å². The molecule has 2 rings (SSSR count). The molecule has 2 heterocycles. The van der Waals surface area contributed by atoms with E-state index in [1.165, 1.54) is 0 Å². The number of nitrogens with zero attached hydrogens (tertiary/aromatic N) is 2. The number of carboxylic acids is 1. The summed E-state index contributed by atoms with van der Waals surface area (Å²) >= 11 is 0. The van der Waals surface area contributed by atoms with Gasteiger partial charge in [0.05, 0.1) is 13.2 Å². The summed E-state index contributed by atoms with van der Waals surface area (Å²) in [5.74, 6) is -0.423. The van der Waals surface area contributed by atoms with E-state index in [0.29, 0.717) is 43.7 Å². The van der Waals surface area contributed by atoms with Crippen LogP contribution in [0.3, 0.4) is 0 Å². The fraction of sp³-hybridized carbons (Fsp3) is 0.562. The zero-order chi connectivity index (χ0) is 16.8. The molecule has 126 valence electrons. The number of amides is 1. The highest BCUT2D eigenvalue weighted by atomic mass is 16.6. The number of rotatable bonds is 5. The summed E-state index contributed by atoms with van der Waals surface area (Å²) < 4.78 is 10.6. The molecule has 23 heavy (non-hydrogen) atoms. The molecule has 0 unspecified atom stereocenters. The van der Waals surface area contributed by atoms with Crippen LogP contribution in [-0.2, 0) is 4.74 Å². The van der Waals surface area contributed by atoms with Crippen LogP contribution in [0.4, 0.5) is 4.79 Å². The Labute approximate surface area is 135 Å². The Morgan fingerprint density at radius 1 is 1.35 bits per heavy atom. The van der Waals surface area contributed by atoms with E-state index in [2.05, 4.69) is 4.98 Å². The van der Waals surface area contributed by atoms with Crippen LogP contribution in [-0.4, -0.2) is 53.4 Å². The minimum Gasteiger partial charge on any atom is -0.477 e. The number of pyridine rings is 1. The van der Waals surface area contributed by atoms with Crippen LogP contribution >= 0.6 is 0 Å². The number of hydrogen-bond acceptors (Lipinski definition) is 5. The van der Waals surface area contributed by atoms with E-state index in [4.69, 9.17) is 14.6 Å². The molecule has 0 radical (unpaired) electrons. The maximum atomic E-state index is 11.6. The third-order valence-electron chi connectivity index (χ3n) is 3.88. The van der Waals surface area contributed by atoms with Gasteiger partial charge in [0, 0.05) is 19.2 Å². The fourth-order valence-electron chi connectivity index (χ4n) is 2.51. The number of aromatic carboxylic acids is 1. The number of aromatic nitrogens is 1. The van der Waals surface area contributed by atoms with Gasteiger partial charge in [0.2, 0.25) is 5.88 Å². The number of carbonyl (C=O) groups is 2. The Hall–Kier alpha value is -2.31. The van der Waals surface area contributed by atoms with Gasteiger partial charge in [0.1, 0.15) is 0 Å². The van der Waals surface area contributed by atoms with E-state index in [1.54, 1.807) is 30.9 Å². The van der Waals surface area contributed by atoms with E-state index < -0.39 is 5.97 Å². The second-order valence-corrected chi connectivity index (χ2v) is 5.56. The Kier molecular flexibility index (Phi) is 5.78. The maximum absolute atomic E-state index is 11.6. The van der Waals surface area contributed by atoms with E-state index in [9.17, 15) is 9.59 Å². The first-order valence-corrected chi connectivity index (χ1v) is 7.76. The highest BCUT2D eigenvalue weighted by Crippen LogP contribution is 2.20. The summed E-state index contributed by atoms with van der Waals surface area (Å²) in [6, 6.07) is 3.37. The molecule has 0 aromatic carbocycles. The standard InChI is InChI=1S/C16H22N2O5/c1-3-22-16(21)18-8-6-12(7-9-18)10-23-13-5-4-11(2)14(17-13)15(19)20/h4-5,12H,3,6-10H2,1-2H3,(H,19,20). The van der Waals surface area contributed by atoms with Crippen molar-refractivity contribution in [2.75, 3.05) is 26.3 Å². The number of likely N-dealkylation sites (tertiary alicyclic amines) is 1. The van der Waals surface area contributed by atoms with Crippen LogP contribution in [0.15, 0.2) is 12.1 Å². The first-order valence-electron chi connectivity index (χ1n) is 7.76. The second-order valence-electron chi connectivity index (χ2n) is 5.56. The van der Waals surface area contributed by atoms with Gasteiger partial charge in [-0.2, -0.15) is 0 Å². The lowest BCUT2D eigenvalue weighted by atomic mass is 9.98. The zero-order valence-corrected chi connectivity index (χ0v) is 13.4. The highest BCUT2D eigenvalue weighted by molar-refractivity contribution is 5.87. The van der Waals surface area contributed by atoms with Crippen molar-refractivity contribution in [1.82, 2.24) is 9.88 Å². The average molecular weight is 322 g/mol. The highest BCUT2D eigenvalue weighted by Gasteiger charge is 2.24. The first-order chi connectivity index (χ1) is 11.0. The van der Waals surface area contributed by atoms with Crippen LogP contribution in [0.2, 0.25) is 0 Å². The molecular formula is C16H22N2O5. The van der Waals surface area contributed by atoms with Gasteiger partial charge in [0.15, 0.2) is 5.69 Å². The lowest BCUT2D eigenvalue weighted by Gasteiger charge is -2.30. The van der Waals surface area contributed by atoms with Gasteiger partial charge in [-0.1, -0.05) is 6.07 Å². The Morgan fingerprint density at radius 2 is 2.04 bits per heavy atom. The van der Waals surface area contributed by atoms with E-state index >= 15 is 0 Å². The largest absolute Gasteiger partial charge is 0.477 e. The topological polar surface area (TPSA) is 89.0 Å². The smallest absolute Gasteiger partial charge is 0.409 e. The van der Waals surface area contributed by atoms with Crippen LogP contribution in [0, 0.1) is 12.8 Å². The lowest BCUT2D eigenvalue weighted by molar-refractivity contribution is 0.0687. The molecule has 1 aliphatic heterocycles. The van der Waals surface area contributed by atoms with Crippen molar-refractivity contribution in [3.63, 3.8) is 0 Å². The summed E-state index contributed by atoms with van der Waals surface area (Å²) in [7, 11) is 0. The molecule has 0 bridgehead atoms. The van der Waals surface area contributed by atoms with Gasteiger partial charge in [-0.15, -0.1) is 0 Å². The second kappa shape index (κ2) is 7.80. The molecule has 7 heteroatoms. The van der Waals surface area contributed by atoms with Gasteiger partial charge in [-0.25, -0.2) is 14.6 Å². The number of aryl methyl sites for hydroxylation is 1. The summed E-state index contributed by atoms with van der Waals surface area (Å²) in [6.45, 7) is 5.63. The van der Waals surface area contributed by atoms with Gasteiger partial charge >= 0.3 is 12.1 Å². The van der Waals surface area contributed by atoms with Crippen LogP contribution in [0.5, 0.6) is 5.88 Å². The molecule has 1 N–H and O–H groups in total.